The van der Waals surface area contributed by atoms with Crippen LogP contribution in [0.1, 0.15) is 0 Å². The SMILES string of the molecule is O=S(=O)(CF)NI. The minimum absolute atomic E-state index is 1.35. The van der Waals surface area contributed by atoms with Crippen molar-refractivity contribution in [1.82, 2.24) is 2.94 Å². The maximum Gasteiger partial charge on any atom is 0.249 e. The zero-order chi connectivity index (χ0) is 5.91. The Bertz CT molecular complexity index is 121. The first kappa shape index (κ1) is 7.57. The molecule has 6 heteroatoms. The molecule has 0 saturated heterocycles. The van der Waals surface area contributed by atoms with Crippen LogP contribution in [0.15, 0.2) is 0 Å². The van der Waals surface area contributed by atoms with Crippen LogP contribution in [0.5, 0.6) is 0 Å². The van der Waals surface area contributed by atoms with Crippen molar-refractivity contribution in [2.24, 2.45) is 0 Å². The van der Waals surface area contributed by atoms with E-state index in [1.54, 1.807) is 2.94 Å². The molecule has 0 spiro atoms. The van der Waals surface area contributed by atoms with Crippen molar-refractivity contribution in [3.63, 3.8) is 0 Å². The Labute approximate surface area is 54.8 Å². The van der Waals surface area contributed by atoms with Crippen molar-refractivity contribution in [2.75, 3.05) is 6.01 Å². The van der Waals surface area contributed by atoms with Crippen molar-refractivity contribution in [2.45, 2.75) is 0 Å². The number of rotatable bonds is 2. The van der Waals surface area contributed by atoms with E-state index >= 15 is 0 Å². The van der Waals surface area contributed by atoms with Gasteiger partial charge in [-0.3, -0.25) is 0 Å². The minimum atomic E-state index is -3.59. The van der Waals surface area contributed by atoms with Gasteiger partial charge in [0.2, 0.25) is 16.0 Å². The molecule has 0 aliphatic rings. The van der Waals surface area contributed by atoms with Gasteiger partial charge in [0, 0.05) is 22.9 Å². The first-order valence-electron chi connectivity index (χ1n) is 1.28. The van der Waals surface area contributed by atoms with Gasteiger partial charge >= 0.3 is 0 Å². The zero-order valence-corrected chi connectivity index (χ0v) is 6.16. The lowest BCUT2D eigenvalue weighted by Crippen LogP contribution is -2.13. The Morgan fingerprint density at radius 3 is 2.14 bits per heavy atom. The molecule has 0 radical (unpaired) electrons. The monoisotopic (exact) mass is 239 g/mol. The summed E-state index contributed by atoms with van der Waals surface area (Å²) in [6, 6.07) is -1.35. The van der Waals surface area contributed by atoms with Gasteiger partial charge in [-0.15, -0.1) is 0 Å². The maximum absolute atomic E-state index is 11.1. The normalized spacial score (nSPS) is 11.7. The molecule has 3 nitrogen and oxygen atoms in total. The van der Waals surface area contributed by atoms with Crippen LogP contribution >= 0.6 is 22.9 Å². The van der Waals surface area contributed by atoms with E-state index in [-0.39, 0.29) is 0 Å². The van der Waals surface area contributed by atoms with E-state index in [9.17, 15) is 12.8 Å². The topological polar surface area (TPSA) is 46.2 Å². The highest BCUT2D eigenvalue weighted by Gasteiger charge is 2.03. The number of alkyl halides is 1. The van der Waals surface area contributed by atoms with E-state index in [0.717, 1.165) is 0 Å². The van der Waals surface area contributed by atoms with Crippen LogP contribution in [0, 0.1) is 0 Å². The van der Waals surface area contributed by atoms with Crippen molar-refractivity contribution in [3.8, 4) is 0 Å². The standard InChI is InChI=1S/CH3FINO2S/c2-1-7(5,6)4-3/h4H,1H2. The fourth-order valence-electron chi connectivity index (χ4n) is 0.0206. The molecule has 0 unspecified atom stereocenters. The maximum atomic E-state index is 11.1. The summed E-state index contributed by atoms with van der Waals surface area (Å²) in [5, 5.41) is 0. The smallest absolute Gasteiger partial charge is 0.232 e. The average molecular weight is 239 g/mol. The van der Waals surface area contributed by atoms with Crippen LogP contribution in [0.3, 0.4) is 0 Å². The molecular formula is CH3FINO2S. The van der Waals surface area contributed by atoms with Crippen LogP contribution in [0.25, 0.3) is 0 Å². The summed E-state index contributed by atoms with van der Waals surface area (Å²) in [7, 11) is -3.59. The Morgan fingerprint density at radius 1 is 1.71 bits per heavy atom. The molecule has 1 N–H and O–H groups in total. The van der Waals surface area contributed by atoms with Gasteiger partial charge < -0.3 is 0 Å². The molecule has 0 rings (SSSR count). The summed E-state index contributed by atoms with van der Waals surface area (Å²) in [4.78, 5) is 0. The fourth-order valence-corrected chi connectivity index (χ4v) is 0.415. The highest BCUT2D eigenvalue weighted by atomic mass is 127. The molecule has 44 valence electrons. The van der Waals surface area contributed by atoms with Crippen LogP contribution in [-0.2, 0) is 10.0 Å². The van der Waals surface area contributed by atoms with Gasteiger partial charge in [0.1, 0.15) is 0 Å². The number of hydrogen-bond acceptors (Lipinski definition) is 2. The van der Waals surface area contributed by atoms with Crippen LogP contribution in [-0.4, -0.2) is 14.4 Å². The van der Waals surface area contributed by atoms with Gasteiger partial charge in [-0.05, 0) is 0 Å². The van der Waals surface area contributed by atoms with E-state index in [1.807, 2.05) is 0 Å². The summed E-state index contributed by atoms with van der Waals surface area (Å²) in [6.45, 7) is 0. The number of halogens is 2. The Hall–Kier alpha value is 0.570. The summed E-state index contributed by atoms with van der Waals surface area (Å²) >= 11 is 1.35. The van der Waals surface area contributed by atoms with E-state index in [2.05, 4.69) is 0 Å². The average Bonchev–Trinajstić information content (AvgIpc) is 1.68. The largest absolute Gasteiger partial charge is 0.249 e. The summed E-state index contributed by atoms with van der Waals surface area (Å²) in [6.07, 6.45) is 0. The van der Waals surface area contributed by atoms with Crippen LogP contribution < -0.4 is 2.94 Å². The Kier molecular flexibility index (Phi) is 3.00. The molecule has 0 aliphatic heterocycles. The van der Waals surface area contributed by atoms with E-state index in [1.165, 1.54) is 22.9 Å². The highest BCUT2D eigenvalue weighted by Crippen LogP contribution is 1.85. The molecule has 0 amide bonds. The third kappa shape index (κ3) is 3.18. The van der Waals surface area contributed by atoms with Gasteiger partial charge in [0.15, 0.2) is 0 Å². The highest BCUT2D eigenvalue weighted by molar-refractivity contribution is 14.1. The van der Waals surface area contributed by atoms with Gasteiger partial charge in [-0.25, -0.2) is 12.8 Å². The first-order valence-corrected chi connectivity index (χ1v) is 4.01. The van der Waals surface area contributed by atoms with Gasteiger partial charge in [0.25, 0.3) is 0 Å². The molecule has 0 fully saturated rings. The Morgan fingerprint density at radius 2 is 2.14 bits per heavy atom. The molecule has 7 heavy (non-hydrogen) atoms. The third-order valence-electron chi connectivity index (χ3n) is 0.261. The van der Waals surface area contributed by atoms with Crippen molar-refractivity contribution in [3.05, 3.63) is 0 Å². The minimum Gasteiger partial charge on any atom is -0.232 e. The zero-order valence-electron chi connectivity index (χ0n) is 3.19. The second-order valence-corrected chi connectivity index (χ2v) is 3.72. The van der Waals surface area contributed by atoms with E-state index < -0.39 is 16.0 Å². The lowest BCUT2D eigenvalue weighted by molar-refractivity contribution is 0.534. The molecule has 0 atom stereocenters. The van der Waals surface area contributed by atoms with Gasteiger partial charge in [-0.2, -0.15) is 2.94 Å². The quantitative estimate of drug-likeness (QED) is 0.552. The van der Waals surface area contributed by atoms with Crippen LogP contribution in [0.2, 0.25) is 0 Å². The first-order chi connectivity index (χ1) is 3.12. The second kappa shape index (κ2) is 2.78. The second-order valence-electron chi connectivity index (χ2n) is 0.801. The predicted molar refractivity (Wildman–Crippen MR) is 32.1 cm³/mol. The predicted octanol–water partition coefficient (Wildman–Crippen LogP) is 0.183. The summed E-state index contributed by atoms with van der Waals surface area (Å²) < 4.78 is 32.6. The molecule has 0 heterocycles. The lowest BCUT2D eigenvalue weighted by Gasteiger charge is -1.87. The summed E-state index contributed by atoms with van der Waals surface area (Å²) in [5.74, 6) is 0. The van der Waals surface area contributed by atoms with E-state index in [0.29, 0.717) is 0 Å². The van der Waals surface area contributed by atoms with E-state index in [4.69, 9.17) is 0 Å². The molecule has 0 aromatic rings. The third-order valence-corrected chi connectivity index (χ3v) is 2.80. The van der Waals surface area contributed by atoms with Gasteiger partial charge in [0.05, 0.1) is 0 Å². The van der Waals surface area contributed by atoms with Gasteiger partial charge in [-0.1, -0.05) is 0 Å². The number of sulfonamides is 1. The number of nitrogens with one attached hydrogen (secondary N) is 1. The molecule has 0 aromatic heterocycles. The molecule has 0 saturated carbocycles. The summed E-state index contributed by atoms with van der Waals surface area (Å²) in [5.41, 5.74) is 0. The lowest BCUT2D eigenvalue weighted by atomic mass is 11.8. The van der Waals surface area contributed by atoms with Crippen molar-refractivity contribution < 1.29 is 12.8 Å². The molecular weight excluding hydrogens is 236 g/mol. The van der Waals surface area contributed by atoms with Crippen LogP contribution in [0.4, 0.5) is 4.39 Å². The number of hydrogen-bond donors (Lipinski definition) is 1. The Balaban J connectivity index is 3.89. The molecule has 0 bridgehead atoms. The fraction of sp³-hybridized carbons (Fsp3) is 1.00. The van der Waals surface area contributed by atoms with Crippen molar-refractivity contribution in [1.29, 1.82) is 0 Å². The molecule has 0 aliphatic carbocycles. The molecule has 0 aromatic carbocycles. The van der Waals surface area contributed by atoms with Crippen molar-refractivity contribution >= 4 is 32.9 Å².